The second-order valence-electron chi connectivity index (χ2n) is 8.50. The number of nitro benzene ring substituents is 1. The van der Waals surface area contributed by atoms with Crippen LogP contribution >= 0.6 is 11.3 Å². The van der Waals surface area contributed by atoms with Crippen molar-refractivity contribution in [2.45, 2.75) is 12.5 Å². The van der Waals surface area contributed by atoms with Gasteiger partial charge in [-0.3, -0.25) is 19.7 Å². The number of carbonyl (C=O) groups excluding carboxylic acids is 2. The van der Waals surface area contributed by atoms with Gasteiger partial charge in [0.2, 0.25) is 11.8 Å². The summed E-state index contributed by atoms with van der Waals surface area (Å²) in [6, 6.07) is 15.4. The lowest BCUT2D eigenvalue weighted by atomic mass is 9.93. The molecular formula is C28H27N3O5S. The molecule has 1 aromatic heterocycles. The average Bonchev–Trinajstić information content (AvgIpc) is 3.40. The van der Waals surface area contributed by atoms with Gasteiger partial charge in [-0.25, -0.2) is 0 Å². The number of carbonyl (C=O) groups is 2. The molecule has 3 aromatic rings. The van der Waals surface area contributed by atoms with E-state index in [2.05, 4.69) is 12.6 Å². The Kier molecular flexibility index (Phi) is 8.15. The van der Waals surface area contributed by atoms with Crippen LogP contribution in [0.3, 0.4) is 0 Å². The number of nitrogens with zero attached hydrogens (tertiary/aromatic N) is 3. The van der Waals surface area contributed by atoms with Gasteiger partial charge >= 0.3 is 0 Å². The lowest BCUT2D eigenvalue weighted by Gasteiger charge is -2.37. The predicted molar refractivity (Wildman–Crippen MR) is 143 cm³/mol. The first-order valence-electron chi connectivity index (χ1n) is 11.7. The number of amides is 2. The highest BCUT2D eigenvalue weighted by atomic mass is 32.1. The second kappa shape index (κ2) is 11.7. The predicted octanol–water partition coefficient (Wildman–Crippen LogP) is 4.87. The average molecular weight is 518 g/mol. The Bertz CT molecular complexity index is 1310. The highest BCUT2D eigenvalue weighted by Crippen LogP contribution is 2.38. The summed E-state index contributed by atoms with van der Waals surface area (Å²) in [6.45, 7) is 4.40. The molecule has 0 radical (unpaired) electrons. The van der Waals surface area contributed by atoms with Crippen molar-refractivity contribution in [1.29, 1.82) is 0 Å². The Morgan fingerprint density at radius 3 is 2.57 bits per heavy atom. The molecule has 1 aliphatic heterocycles. The minimum absolute atomic E-state index is 0.0240. The molecule has 0 bridgehead atoms. The van der Waals surface area contributed by atoms with Crippen molar-refractivity contribution in [3.63, 3.8) is 0 Å². The number of ether oxygens (including phenoxy) is 1. The molecule has 0 N–H and O–H groups in total. The van der Waals surface area contributed by atoms with E-state index in [1.165, 1.54) is 28.0 Å². The van der Waals surface area contributed by atoms with E-state index in [0.29, 0.717) is 12.1 Å². The van der Waals surface area contributed by atoms with Crippen LogP contribution < -0.4 is 4.74 Å². The third-order valence-corrected chi connectivity index (χ3v) is 7.22. The number of non-ortho nitro benzene ring substituents is 1. The second-order valence-corrected chi connectivity index (χ2v) is 9.50. The van der Waals surface area contributed by atoms with Crippen molar-refractivity contribution in [3.05, 3.63) is 110 Å². The summed E-state index contributed by atoms with van der Waals surface area (Å²) >= 11 is 1.69. The Labute approximate surface area is 219 Å². The third-order valence-electron chi connectivity index (χ3n) is 6.23. The summed E-state index contributed by atoms with van der Waals surface area (Å²) in [6.07, 6.45) is 5.29. The van der Waals surface area contributed by atoms with Crippen LogP contribution in [-0.4, -0.2) is 53.3 Å². The molecule has 0 saturated carbocycles. The number of hydrogen-bond donors (Lipinski definition) is 0. The van der Waals surface area contributed by atoms with E-state index in [1.807, 2.05) is 34.5 Å². The summed E-state index contributed by atoms with van der Waals surface area (Å²) in [5.74, 6) is 0.239. The summed E-state index contributed by atoms with van der Waals surface area (Å²) in [7, 11) is 1.61. The van der Waals surface area contributed by atoms with E-state index in [9.17, 15) is 19.7 Å². The van der Waals surface area contributed by atoms with Crippen molar-refractivity contribution in [2.75, 3.05) is 26.7 Å². The van der Waals surface area contributed by atoms with Crippen molar-refractivity contribution in [2.24, 2.45) is 0 Å². The first-order valence-corrected chi connectivity index (χ1v) is 12.6. The van der Waals surface area contributed by atoms with Crippen LogP contribution in [0.5, 0.6) is 5.75 Å². The van der Waals surface area contributed by atoms with Crippen molar-refractivity contribution < 1.29 is 19.2 Å². The van der Waals surface area contributed by atoms with Crippen LogP contribution in [-0.2, 0) is 16.0 Å². The van der Waals surface area contributed by atoms with Gasteiger partial charge in [0.1, 0.15) is 12.3 Å². The molecule has 8 nitrogen and oxygen atoms in total. The Morgan fingerprint density at radius 2 is 1.92 bits per heavy atom. The lowest BCUT2D eigenvalue weighted by Crippen LogP contribution is -2.46. The van der Waals surface area contributed by atoms with Gasteiger partial charge in [-0.15, -0.1) is 17.9 Å². The van der Waals surface area contributed by atoms with Gasteiger partial charge in [-0.05, 0) is 64.9 Å². The molecule has 0 saturated heterocycles. The number of benzene rings is 2. The van der Waals surface area contributed by atoms with Gasteiger partial charge in [0.15, 0.2) is 0 Å². The summed E-state index contributed by atoms with van der Waals surface area (Å²) in [5, 5.41) is 12.9. The molecule has 1 aliphatic rings. The topological polar surface area (TPSA) is 93.0 Å². The molecule has 2 heterocycles. The molecule has 4 rings (SSSR count). The highest BCUT2D eigenvalue weighted by Gasteiger charge is 2.33. The van der Waals surface area contributed by atoms with E-state index in [1.54, 1.807) is 42.7 Å². The third kappa shape index (κ3) is 5.95. The normalized spacial score (nSPS) is 14.7. The van der Waals surface area contributed by atoms with Gasteiger partial charge < -0.3 is 14.5 Å². The van der Waals surface area contributed by atoms with Gasteiger partial charge in [0.25, 0.3) is 5.69 Å². The Hall–Kier alpha value is -4.24. The maximum atomic E-state index is 13.6. The van der Waals surface area contributed by atoms with E-state index in [-0.39, 0.29) is 36.6 Å². The largest absolute Gasteiger partial charge is 0.497 e. The minimum atomic E-state index is -0.477. The number of hydrogen-bond acceptors (Lipinski definition) is 6. The molecule has 37 heavy (non-hydrogen) atoms. The number of nitro groups is 1. The summed E-state index contributed by atoms with van der Waals surface area (Å²) in [4.78, 5) is 41.5. The van der Waals surface area contributed by atoms with Gasteiger partial charge in [-0.1, -0.05) is 18.2 Å². The van der Waals surface area contributed by atoms with Gasteiger partial charge in [0, 0.05) is 36.2 Å². The minimum Gasteiger partial charge on any atom is -0.497 e. The number of rotatable bonds is 9. The first-order chi connectivity index (χ1) is 17.9. The smallest absolute Gasteiger partial charge is 0.269 e. The van der Waals surface area contributed by atoms with E-state index in [4.69, 9.17) is 4.74 Å². The van der Waals surface area contributed by atoms with Crippen molar-refractivity contribution >= 4 is 34.9 Å². The molecule has 190 valence electrons. The Balaban J connectivity index is 1.52. The fourth-order valence-corrected chi connectivity index (χ4v) is 5.26. The van der Waals surface area contributed by atoms with Crippen LogP contribution in [0.4, 0.5) is 5.69 Å². The molecular weight excluding hydrogens is 490 g/mol. The standard InChI is InChI=1S/C28H27N3O5S/c1-3-16-29(26(32)13-6-20-4-9-22(10-5-20)31(34)35)19-27(33)30-17-14-25-24(15-18-37-25)28(30)21-7-11-23(36-2)12-8-21/h3-13,15,18,28H,1,14,16-17,19H2,2H3/b13-6+/t28-/m1/s1. The van der Waals surface area contributed by atoms with Crippen LogP contribution in [0.25, 0.3) is 6.08 Å². The SMILES string of the molecule is C=CCN(CC(=O)N1CCc2sccc2[C@H]1c1ccc(OC)cc1)C(=O)/C=C/c1ccc([N+](=O)[O-])cc1. The van der Waals surface area contributed by atoms with Crippen molar-refractivity contribution in [3.8, 4) is 5.75 Å². The van der Waals surface area contributed by atoms with Crippen LogP contribution in [0, 0.1) is 10.1 Å². The monoisotopic (exact) mass is 517 g/mol. The number of thiophene rings is 1. The van der Waals surface area contributed by atoms with Crippen LogP contribution in [0.15, 0.2) is 78.7 Å². The molecule has 0 spiro atoms. The molecule has 2 amide bonds. The first kappa shape index (κ1) is 25.8. The molecule has 1 atom stereocenters. The zero-order chi connectivity index (χ0) is 26.4. The maximum Gasteiger partial charge on any atom is 0.269 e. The van der Waals surface area contributed by atoms with Crippen molar-refractivity contribution in [1.82, 2.24) is 9.80 Å². The van der Waals surface area contributed by atoms with E-state index >= 15 is 0 Å². The maximum absolute atomic E-state index is 13.6. The molecule has 9 heteroatoms. The van der Waals surface area contributed by atoms with E-state index in [0.717, 1.165) is 23.3 Å². The van der Waals surface area contributed by atoms with Gasteiger partial charge in [-0.2, -0.15) is 0 Å². The summed E-state index contributed by atoms with van der Waals surface area (Å²) < 4.78 is 5.29. The molecule has 2 aromatic carbocycles. The molecule has 0 aliphatic carbocycles. The number of methoxy groups -OCH3 is 1. The van der Waals surface area contributed by atoms with Crippen LogP contribution in [0.1, 0.15) is 27.6 Å². The fraction of sp³-hybridized carbons (Fsp3) is 0.214. The zero-order valence-corrected chi connectivity index (χ0v) is 21.2. The fourth-order valence-electron chi connectivity index (χ4n) is 4.35. The lowest BCUT2D eigenvalue weighted by molar-refractivity contribution is -0.384. The quantitative estimate of drug-likeness (QED) is 0.175. The zero-order valence-electron chi connectivity index (χ0n) is 20.4. The Morgan fingerprint density at radius 1 is 1.19 bits per heavy atom. The van der Waals surface area contributed by atoms with E-state index < -0.39 is 4.92 Å². The number of fused-ring (bicyclic) bond motifs is 1. The highest BCUT2D eigenvalue weighted by molar-refractivity contribution is 7.10. The summed E-state index contributed by atoms with van der Waals surface area (Å²) in [5.41, 5.74) is 2.70. The molecule has 0 fully saturated rings. The molecule has 0 unspecified atom stereocenters. The van der Waals surface area contributed by atoms with Crippen LogP contribution in [0.2, 0.25) is 0 Å². The van der Waals surface area contributed by atoms with Gasteiger partial charge in [0.05, 0.1) is 18.1 Å².